The van der Waals surface area contributed by atoms with Gasteiger partial charge in [0.2, 0.25) is 0 Å². The average Bonchev–Trinajstić information content (AvgIpc) is 2.30. The molecule has 1 unspecified atom stereocenters. The number of carbonyl (C=O) groups is 1. The van der Waals surface area contributed by atoms with Crippen molar-refractivity contribution in [1.29, 1.82) is 0 Å². The molecule has 0 radical (unpaired) electrons. The molecule has 1 rings (SSSR count). The van der Waals surface area contributed by atoms with Crippen molar-refractivity contribution in [3.63, 3.8) is 0 Å². The minimum absolute atomic E-state index is 0.155. The molecule has 0 aliphatic heterocycles. The zero-order chi connectivity index (χ0) is 12.0. The number of rotatable bonds is 6. The Bertz CT molecular complexity index is 332. The molecule has 0 saturated heterocycles. The van der Waals surface area contributed by atoms with E-state index in [1.165, 1.54) is 5.56 Å². The molecular formula is C13H19NO2. The number of carboxylic acids is 1. The first-order valence-electron chi connectivity index (χ1n) is 5.68. The Morgan fingerprint density at radius 3 is 2.44 bits per heavy atom. The van der Waals surface area contributed by atoms with E-state index in [1.807, 2.05) is 0 Å². The van der Waals surface area contributed by atoms with Crippen LogP contribution in [0.25, 0.3) is 0 Å². The molecule has 0 aliphatic carbocycles. The summed E-state index contributed by atoms with van der Waals surface area (Å²) >= 11 is 0. The molecule has 0 bridgehead atoms. The molecule has 0 amide bonds. The van der Waals surface area contributed by atoms with Crippen LogP contribution in [0, 0.1) is 0 Å². The zero-order valence-corrected chi connectivity index (χ0v) is 9.65. The molecule has 1 aromatic carbocycles. The molecule has 3 N–H and O–H groups in total. The Hall–Kier alpha value is -1.35. The van der Waals surface area contributed by atoms with Crippen LogP contribution in [0.3, 0.4) is 0 Å². The lowest BCUT2D eigenvalue weighted by atomic mass is 9.93. The van der Waals surface area contributed by atoms with Crippen LogP contribution in [0.4, 0.5) is 0 Å². The Balaban J connectivity index is 2.66. The van der Waals surface area contributed by atoms with Crippen LogP contribution in [0.15, 0.2) is 24.3 Å². The highest BCUT2D eigenvalue weighted by Gasteiger charge is 2.11. The molecule has 0 heterocycles. The molecule has 0 aliphatic rings. The minimum atomic E-state index is -0.761. The molecule has 1 aromatic rings. The summed E-state index contributed by atoms with van der Waals surface area (Å²) in [5.74, 6) is -0.606. The van der Waals surface area contributed by atoms with Gasteiger partial charge >= 0.3 is 5.97 Å². The highest BCUT2D eigenvalue weighted by atomic mass is 16.4. The van der Waals surface area contributed by atoms with Gasteiger partial charge in [-0.3, -0.25) is 4.79 Å². The van der Waals surface area contributed by atoms with Crippen LogP contribution in [-0.4, -0.2) is 17.6 Å². The van der Waals surface area contributed by atoms with E-state index in [0.717, 1.165) is 12.0 Å². The zero-order valence-electron chi connectivity index (χ0n) is 9.65. The first kappa shape index (κ1) is 12.7. The number of carboxylic acid groups (broad SMARTS) is 1. The fourth-order valence-electron chi connectivity index (χ4n) is 1.74. The number of aryl methyl sites for hydroxylation is 1. The van der Waals surface area contributed by atoms with Gasteiger partial charge < -0.3 is 10.8 Å². The lowest BCUT2D eigenvalue weighted by Crippen LogP contribution is -2.14. The third kappa shape index (κ3) is 3.66. The first-order chi connectivity index (χ1) is 7.67. The quantitative estimate of drug-likeness (QED) is 0.773. The van der Waals surface area contributed by atoms with Crippen molar-refractivity contribution in [3.8, 4) is 0 Å². The monoisotopic (exact) mass is 221 g/mol. The number of nitrogens with two attached hydrogens (primary N) is 1. The van der Waals surface area contributed by atoms with Gasteiger partial charge in [-0.2, -0.15) is 0 Å². The fraction of sp³-hybridized carbons (Fsp3) is 0.462. The van der Waals surface area contributed by atoms with Gasteiger partial charge in [-0.1, -0.05) is 31.2 Å². The maximum atomic E-state index is 10.5. The molecule has 88 valence electrons. The van der Waals surface area contributed by atoms with Crippen LogP contribution >= 0.6 is 0 Å². The van der Waals surface area contributed by atoms with E-state index in [1.54, 1.807) is 0 Å². The van der Waals surface area contributed by atoms with E-state index in [4.69, 9.17) is 10.8 Å². The van der Waals surface area contributed by atoms with Crippen molar-refractivity contribution in [1.82, 2.24) is 0 Å². The van der Waals surface area contributed by atoms with Crippen LogP contribution < -0.4 is 5.73 Å². The lowest BCUT2D eigenvalue weighted by molar-refractivity contribution is -0.137. The van der Waals surface area contributed by atoms with Gasteiger partial charge in [0.05, 0.1) is 0 Å². The maximum Gasteiger partial charge on any atom is 0.303 e. The van der Waals surface area contributed by atoms with Crippen molar-refractivity contribution in [2.24, 2.45) is 5.73 Å². The maximum absolute atomic E-state index is 10.5. The Kier molecular flexibility index (Phi) is 4.99. The van der Waals surface area contributed by atoms with Crippen LogP contribution in [0.1, 0.15) is 36.8 Å². The highest BCUT2D eigenvalue weighted by Crippen LogP contribution is 2.20. The molecule has 16 heavy (non-hydrogen) atoms. The van der Waals surface area contributed by atoms with Gasteiger partial charge in [0.15, 0.2) is 0 Å². The van der Waals surface area contributed by atoms with E-state index in [9.17, 15) is 4.79 Å². The summed E-state index contributed by atoms with van der Waals surface area (Å²) in [5.41, 5.74) is 8.10. The second-order valence-corrected chi connectivity index (χ2v) is 3.96. The van der Waals surface area contributed by atoms with Crippen molar-refractivity contribution in [3.05, 3.63) is 35.4 Å². The van der Waals surface area contributed by atoms with Gasteiger partial charge in [-0.25, -0.2) is 0 Å². The summed E-state index contributed by atoms with van der Waals surface area (Å²) in [6.45, 7) is 2.61. The smallest absolute Gasteiger partial charge is 0.303 e. The van der Waals surface area contributed by atoms with E-state index in [0.29, 0.717) is 13.0 Å². The predicted molar refractivity (Wildman–Crippen MR) is 64.5 cm³/mol. The number of hydrogen-bond acceptors (Lipinski definition) is 2. The summed E-state index contributed by atoms with van der Waals surface area (Å²) in [6.07, 6.45) is 1.80. The third-order valence-electron chi connectivity index (χ3n) is 2.85. The number of aliphatic carboxylic acids is 1. The molecule has 0 aromatic heterocycles. The highest BCUT2D eigenvalue weighted by molar-refractivity contribution is 5.66. The second kappa shape index (κ2) is 6.28. The van der Waals surface area contributed by atoms with Gasteiger partial charge in [0, 0.05) is 6.42 Å². The van der Waals surface area contributed by atoms with Crippen LogP contribution in [-0.2, 0) is 11.2 Å². The summed E-state index contributed by atoms with van der Waals surface area (Å²) in [4.78, 5) is 10.5. The van der Waals surface area contributed by atoms with Gasteiger partial charge in [0.25, 0.3) is 0 Å². The topological polar surface area (TPSA) is 63.3 Å². The lowest BCUT2D eigenvalue weighted by Gasteiger charge is -2.14. The molecule has 1 atom stereocenters. The van der Waals surface area contributed by atoms with Crippen molar-refractivity contribution < 1.29 is 9.90 Å². The Labute approximate surface area is 96.3 Å². The Morgan fingerprint density at radius 2 is 2.00 bits per heavy atom. The van der Waals surface area contributed by atoms with E-state index in [-0.39, 0.29) is 12.3 Å². The van der Waals surface area contributed by atoms with Gasteiger partial charge in [-0.05, 0) is 36.4 Å². The van der Waals surface area contributed by atoms with Crippen LogP contribution in [0.5, 0.6) is 0 Å². The van der Waals surface area contributed by atoms with Gasteiger partial charge in [-0.15, -0.1) is 0 Å². The molecular weight excluding hydrogens is 202 g/mol. The average molecular weight is 221 g/mol. The van der Waals surface area contributed by atoms with E-state index >= 15 is 0 Å². The number of benzene rings is 1. The Morgan fingerprint density at radius 1 is 1.38 bits per heavy atom. The fourth-order valence-corrected chi connectivity index (χ4v) is 1.74. The first-order valence-corrected chi connectivity index (χ1v) is 5.68. The summed E-state index contributed by atoms with van der Waals surface area (Å²) in [6, 6.07) is 8.27. The second-order valence-electron chi connectivity index (χ2n) is 3.96. The largest absolute Gasteiger partial charge is 0.481 e. The normalized spacial score (nSPS) is 12.4. The van der Waals surface area contributed by atoms with Gasteiger partial charge in [0.1, 0.15) is 0 Å². The summed E-state index contributed by atoms with van der Waals surface area (Å²) in [5, 5.41) is 8.65. The molecule has 3 nitrogen and oxygen atoms in total. The van der Waals surface area contributed by atoms with Crippen molar-refractivity contribution in [2.45, 2.75) is 32.1 Å². The third-order valence-corrected chi connectivity index (χ3v) is 2.85. The van der Waals surface area contributed by atoms with Crippen molar-refractivity contribution >= 4 is 5.97 Å². The van der Waals surface area contributed by atoms with E-state index in [2.05, 4.69) is 31.2 Å². The number of hydrogen-bond donors (Lipinski definition) is 2. The van der Waals surface area contributed by atoms with Crippen LogP contribution in [0.2, 0.25) is 0 Å². The summed E-state index contributed by atoms with van der Waals surface area (Å²) in [7, 11) is 0. The summed E-state index contributed by atoms with van der Waals surface area (Å²) < 4.78 is 0. The predicted octanol–water partition coefficient (Wildman–Crippen LogP) is 2.16. The molecule has 0 saturated carbocycles. The molecule has 0 spiro atoms. The van der Waals surface area contributed by atoms with E-state index < -0.39 is 5.97 Å². The molecule has 0 fully saturated rings. The SMILES string of the molecule is CCc1ccc(C(CN)CCC(=O)O)cc1. The molecule has 3 heteroatoms. The standard InChI is InChI=1S/C13H19NO2/c1-2-10-3-5-11(6-4-10)12(9-14)7-8-13(15)16/h3-6,12H,2,7-9,14H2,1H3,(H,15,16). The minimum Gasteiger partial charge on any atom is -0.481 e. The van der Waals surface area contributed by atoms with Crippen molar-refractivity contribution in [2.75, 3.05) is 6.54 Å².